The maximum atomic E-state index is 13.5. The molecule has 120 heavy (non-hydrogen) atoms. The van der Waals surface area contributed by atoms with Crippen molar-refractivity contribution in [3.8, 4) is 59.2 Å². The number of pyridine rings is 6. The molecule has 4 aromatic carbocycles. The summed E-state index contributed by atoms with van der Waals surface area (Å²) in [5, 5.41) is 16.7. The Bertz CT molecular complexity index is 5730. The van der Waals surface area contributed by atoms with E-state index in [0.717, 1.165) is 95.2 Å². The largest absolute Gasteiger partial charge is 0.273 e. The molecule has 0 spiro atoms. The van der Waals surface area contributed by atoms with Crippen LogP contribution in [0.15, 0.2) is 213 Å². The van der Waals surface area contributed by atoms with E-state index in [0.29, 0.717) is 78.0 Å². The number of rotatable bonds is 7. The van der Waals surface area contributed by atoms with E-state index in [4.69, 9.17) is 11.6 Å². The minimum atomic E-state index is -0.581. The highest BCUT2D eigenvalue weighted by Crippen LogP contribution is 2.37. The lowest BCUT2D eigenvalue weighted by atomic mass is 10.0. The molecule has 0 saturated carbocycles. The Morgan fingerprint density at radius 3 is 1.23 bits per heavy atom. The standard InChI is InChI=1S/C20H20FN3O.C20H21N3O.C19H17N3O.C18H17ClN4O.C18H15F2N3O/c1-4-23-20(2,3)13-19(25)24(23)18-12-9-16(14-22-18)6-5-15-7-10-17(21)11-8-15;1-4-22-20(2,3)14-19(24)23(22)18-13-12-17(15-21-18)11-10-16-8-6-5-7-9-16;23-19-13-17-7-4-12-21(17)22(19)18-11-10-16(14-20-18)9-8-15-5-2-1-3-6-15;1-18(2)11-17(24)23(22(18)3)16-7-6-14(12-21-16)5-4-13-8-9-20-15(19)10-13;1-18(2)10-17(24)23(22-18)16-8-4-12(11-21-16)3-5-13-9-14(19)6-7-15(13)20/h7-12,14H,4,13H2,1-3H3;5-9,12-13,15H,4,14H2,1-3H3;1-3,5-6,10-11,14,17H,4,7,12-13H2;6-10,12H,11H2,1-3H3;4,6-9,11,22H,10H2,1-2H3. The fraction of sp³-hybridized carbons (Fsp3) is 0.274. The third-order valence-corrected chi connectivity index (χ3v) is 20.5. The fourth-order valence-corrected chi connectivity index (χ4v) is 14.3. The van der Waals surface area contributed by atoms with Crippen molar-refractivity contribution in [2.24, 2.45) is 0 Å². The molecule has 0 aliphatic carbocycles. The fourth-order valence-electron chi connectivity index (χ4n) is 14.1. The molecule has 608 valence electrons. The first-order valence-corrected chi connectivity index (χ1v) is 39.6. The van der Waals surface area contributed by atoms with Gasteiger partial charge in [0.1, 0.15) is 51.7 Å². The van der Waals surface area contributed by atoms with Gasteiger partial charge < -0.3 is 0 Å². The lowest BCUT2D eigenvalue weighted by molar-refractivity contribution is -0.118. The first kappa shape index (κ1) is 86.2. The number of fused-ring (bicyclic) bond motifs is 1. The molecular formula is C95H90ClF3N16O5. The van der Waals surface area contributed by atoms with Gasteiger partial charge in [0.2, 0.25) is 29.5 Å². The van der Waals surface area contributed by atoms with E-state index in [2.05, 4.69) is 132 Å². The number of carbonyl (C=O) groups excluding carboxylic acids is 5. The van der Waals surface area contributed by atoms with Gasteiger partial charge in [-0.15, -0.1) is 0 Å². The van der Waals surface area contributed by atoms with Crippen LogP contribution in [0.3, 0.4) is 0 Å². The van der Waals surface area contributed by atoms with Crippen molar-refractivity contribution >= 4 is 70.2 Å². The lowest BCUT2D eigenvalue weighted by Gasteiger charge is -2.34. The molecule has 1 atom stereocenters. The molecule has 0 bridgehead atoms. The summed E-state index contributed by atoms with van der Waals surface area (Å²) >= 11 is 5.84. The summed E-state index contributed by atoms with van der Waals surface area (Å²) < 4.78 is 39.5. The summed E-state index contributed by atoms with van der Waals surface area (Å²) in [7, 11) is 1.90. The summed E-state index contributed by atoms with van der Waals surface area (Å²) in [5.41, 5.74) is 9.33. The van der Waals surface area contributed by atoms with Gasteiger partial charge >= 0.3 is 0 Å². The molecule has 1 unspecified atom stereocenters. The van der Waals surface area contributed by atoms with Crippen LogP contribution in [-0.4, -0.2) is 134 Å². The van der Waals surface area contributed by atoms with E-state index < -0.39 is 11.6 Å². The van der Waals surface area contributed by atoms with Gasteiger partial charge in [0.05, 0.1) is 5.56 Å². The van der Waals surface area contributed by atoms with Crippen LogP contribution >= 0.6 is 11.6 Å². The Morgan fingerprint density at radius 2 is 0.808 bits per heavy atom. The monoisotopic (exact) mass is 1630 g/mol. The third kappa shape index (κ3) is 21.8. The number of carbonyl (C=O) groups is 5. The van der Waals surface area contributed by atoms with E-state index >= 15 is 0 Å². The number of halogens is 4. The zero-order chi connectivity index (χ0) is 85.5. The third-order valence-electron chi connectivity index (χ3n) is 20.3. The van der Waals surface area contributed by atoms with Crippen molar-refractivity contribution in [2.75, 3.05) is 51.7 Å². The average molecular weight is 1630 g/mol. The minimum Gasteiger partial charge on any atom is -0.273 e. The van der Waals surface area contributed by atoms with Crippen LogP contribution in [0, 0.1) is 76.7 Å². The number of hydrogen-bond donors (Lipinski definition) is 1. The Morgan fingerprint density at radius 1 is 0.408 bits per heavy atom. The number of hydrogen-bond acceptors (Lipinski definition) is 16. The van der Waals surface area contributed by atoms with Gasteiger partial charge in [0, 0.05) is 174 Å². The van der Waals surface area contributed by atoms with Crippen molar-refractivity contribution < 1.29 is 37.1 Å². The predicted octanol–water partition coefficient (Wildman–Crippen LogP) is 14.9. The molecule has 6 aliphatic rings. The lowest BCUT2D eigenvalue weighted by Crippen LogP contribution is -2.47. The van der Waals surface area contributed by atoms with E-state index in [1.54, 1.807) is 99.6 Å². The number of benzene rings is 4. The second-order valence-electron chi connectivity index (χ2n) is 31.3. The SMILES string of the molecule is CC1(C)CC(=O)N(c2ccc(C#Cc3cc(F)ccc3F)cn2)N1.CCN1N(c2ccc(C#Cc3ccc(F)cc3)cn2)C(=O)CC1(C)C.CCN1N(c2ccc(C#Cc3ccccc3)cn2)C(=O)CC1(C)C.CN1N(c2ccc(C#Cc3ccnc(Cl)c3)cn2)C(=O)CC1(C)C.O=C1CC2CCCN2N1c1ccc(C#Cc2ccccc2)cn1. The van der Waals surface area contributed by atoms with Crippen molar-refractivity contribution in [1.29, 1.82) is 0 Å². The Balaban J connectivity index is 0.000000138. The number of nitrogens with one attached hydrogen (secondary N) is 1. The van der Waals surface area contributed by atoms with Crippen molar-refractivity contribution in [2.45, 2.75) is 142 Å². The van der Waals surface area contributed by atoms with Gasteiger partial charge in [-0.3, -0.25) is 24.0 Å². The zero-order valence-electron chi connectivity index (χ0n) is 68.6. The molecule has 6 fully saturated rings. The molecule has 25 heteroatoms. The first-order valence-electron chi connectivity index (χ1n) is 39.2. The second kappa shape index (κ2) is 38.0. The summed E-state index contributed by atoms with van der Waals surface area (Å²) in [6.45, 7) is 22.7. The number of aromatic nitrogens is 6. The molecule has 6 aromatic heterocycles. The number of hydrazine groups is 5. The van der Waals surface area contributed by atoms with Gasteiger partial charge in [-0.25, -0.2) is 93.6 Å². The molecule has 16 rings (SSSR count). The van der Waals surface area contributed by atoms with Crippen LogP contribution in [0.25, 0.3) is 0 Å². The van der Waals surface area contributed by atoms with E-state index in [-0.39, 0.29) is 63.1 Å². The summed E-state index contributed by atoms with van der Waals surface area (Å²) in [6.07, 6.45) is 14.5. The maximum Gasteiger partial charge on any atom is 0.244 e. The molecule has 0 radical (unpaired) electrons. The number of amides is 5. The molecule has 21 nitrogen and oxygen atoms in total. The number of anilines is 5. The first-order chi connectivity index (χ1) is 57.4. The number of nitrogens with zero attached hydrogens (tertiary/aromatic N) is 15. The van der Waals surface area contributed by atoms with Crippen molar-refractivity contribution in [3.63, 3.8) is 0 Å². The highest BCUT2D eigenvalue weighted by molar-refractivity contribution is 6.29. The van der Waals surface area contributed by atoms with E-state index in [9.17, 15) is 37.1 Å². The highest BCUT2D eigenvalue weighted by Gasteiger charge is 2.47. The Kier molecular flexibility index (Phi) is 27.3. The maximum absolute atomic E-state index is 13.5. The quantitative estimate of drug-likeness (QED) is 0.116. The molecule has 6 aliphatic heterocycles. The van der Waals surface area contributed by atoms with Gasteiger partial charge in [-0.05, 0) is 208 Å². The highest BCUT2D eigenvalue weighted by atomic mass is 35.5. The minimum absolute atomic E-state index is 0.0165. The van der Waals surface area contributed by atoms with Crippen LogP contribution in [0.5, 0.6) is 0 Å². The molecule has 12 heterocycles. The van der Waals surface area contributed by atoms with Crippen LogP contribution in [-0.2, 0) is 24.0 Å². The summed E-state index contributed by atoms with van der Waals surface area (Å²) in [6, 6.07) is 50.9. The average Bonchev–Trinajstić information content (AvgIpc) is 1.64. The molecule has 1 N–H and O–H groups in total. The van der Waals surface area contributed by atoms with Crippen molar-refractivity contribution in [3.05, 3.63) is 291 Å². The smallest absolute Gasteiger partial charge is 0.244 e. The Labute approximate surface area is 703 Å². The van der Waals surface area contributed by atoms with Crippen LogP contribution in [0.2, 0.25) is 5.15 Å². The zero-order valence-corrected chi connectivity index (χ0v) is 69.4. The van der Waals surface area contributed by atoms with Crippen LogP contribution in [0.4, 0.5) is 42.3 Å². The Hall–Kier alpha value is -13.2. The van der Waals surface area contributed by atoms with E-state index in [1.807, 2.05) is 156 Å². The summed E-state index contributed by atoms with van der Waals surface area (Å²) in [5.74, 6) is 31.6. The molecular weight excluding hydrogens is 1540 g/mol. The van der Waals surface area contributed by atoms with Crippen molar-refractivity contribution in [1.82, 2.24) is 55.4 Å². The van der Waals surface area contributed by atoms with E-state index in [1.165, 1.54) is 23.3 Å². The van der Waals surface area contributed by atoms with Crippen LogP contribution in [0.1, 0.15) is 170 Å². The summed E-state index contributed by atoms with van der Waals surface area (Å²) in [4.78, 5) is 86.9. The molecule has 10 aromatic rings. The second-order valence-corrected chi connectivity index (χ2v) is 31.7. The molecule has 5 amide bonds. The van der Waals surface area contributed by atoms with Gasteiger partial charge in [0.15, 0.2) is 0 Å². The molecule has 6 saturated heterocycles. The normalized spacial score (nSPS) is 17.3. The topological polar surface area (TPSA) is 204 Å². The predicted molar refractivity (Wildman–Crippen MR) is 458 cm³/mol. The van der Waals surface area contributed by atoms with Crippen LogP contribution < -0.4 is 30.5 Å². The van der Waals surface area contributed by atoms with Gasteiger partial charge in [0.25, 0.3) is 0 Å². The van der Waals surface area contributed by atoms with Gasteiger partial charge in [-0.1, -0.05) is 121 Å². The van der Waals surface area contributed by atoms with Gasteiger partial charge in [-0.2, -0.15) is 0 Å².